The molecule has 0 aliphatic heterocycles. The van der Waals surface area contributed by atoms with Gasteiger partial charge in [-0.15, -0.1) is 0 Å². The van der Waals surface area contributed by atoms with E-state index in [1.807, 2.05) is 0 Å². The monoisotopic (exact) mass is 358 g/mol. The molecule has 0 aromatic carbocycles. The first kappa shape index (κ1) is 19.4. The first-order valence-electron chi connectivity index (χ1n) is 8.17. The van der Waals surface area contributed by atoms with Crippen LogP contribution in [-0.2, 0) is 11.8 Å². The third kappa shape index (κ3) is 3.51. The lowest BCUT2D eigenvalue weighted by atomic mass is 10.0. The Kier molecular flexibility index (Phi) is 5.30. The Balaban J connectivity index is 2.22. The normalized spacial score (nSPS) is 11.9. The summed E-state index contributed by atoms with van der Waals surface area (Å²) >= 11 is 0. The quantitative estimate of drug-likeness (QED) is 0.632. The highest BCUT2D eigenvalue weighted by atomic mass is 16.5. The maximum Gasteiger partial charge on any atom is 0.355 e. The molecule has 2 rings (SSSR count). The van der Waals surface area contributed by atoms with Gasteiger partial charge in [0, 0.05) is 30.1 Å². The van der Waals surface area contributed by atoms with Gasteiger partial charge in [-0.2, -0.15) is 0 Å². The number of hydrogen-bond donors (Lipinski definition) is 1. The molecule has 0 bridgehead atoms. The van der Waals surface area contributed by atoms with Crippen LogP contribution in [0, 0.1) is 13.8 Å². The molecule has 0 saturated heterocycles. The van der Waals surface area contributed by atoms with E-state index in [1.165, 1.54) is 37.6 Å². The van der Waals surface area contributed by atoms with Crippen molar-refractivity contribution in [3.8, 4) is 0 Å². The summed E-state index contributed by atoms with van der Waals surface area (Å²) in [5, 5.41) is 0. The summed E-state index contributed by atoms with van der Waals surface area (Å²) < 4.78 is 6.75. The number of esters is 1. The minimum atomic E-state index is -1.05. The lowest BCUT2D eigenvalue weighted by Crippen LogP contribution is -2.26. The number of nitrogens with zero attached hydrogens (tertiary/aromatic N) is 1. The van der Waals surface area contributed by atoms with Gasteiger partial charge in [0.05, 0.1) is 5.69 Å². The molecular weight excluding hydrogens is 336 g/mol. The molecule has 1 N–H and O–H groups in total. The summed E-state index contributed by atoms with van der Waals surface area (Å²) in [6.07, 6.45) is 0.484. The number of aromatic nitrogens is 2. The van der Waals surface area contributed by atoms with E-state index in [1.54, 1.807) is 20.9 Å². The number of rotatable bonds is 6. The van der Waals surface area contributed by atoms with Gasteiger partial charge >= 0.3 is 5.97 Å². The lowest BCUT2D eigenvalue weighted by molar-refractivity contribution is 0.0307. The summed E-state index contributed by atoms with van der Waals surface area (Å²) in [6, 6.07) is 1.43. The van der Waals surface area contributed by atoms with Gasteiger partial charge in [-0.05, 0) is 46.2 Å². The highest BCUT2D eigenvalue weighted by Gasteiger charge is 2.27. The molecule has 0 unspecified atom stereocenters. The van der Waals surface area contributed by atoms with Gasteiger partial charge in [0.1, 0.15) is 5.69 Å². The van der Waals surface area contributed by atoms with Crippen LogP contribution in [0.5, 0.6) is 0 Å². The smallest absolute Gasteiger partial charge is 0.355 e. The Morgan fingerprint density at radius 2 is 1.73 bits per heavy atom. The van der Waals surface area contributed by atoms with Gasteiger partial charge in [-0.3, -0.25) is 14.4 Å². The van der Waals surface area contributed by atoms with Crippen LogP contribution >= 0.6 is 0 Å². The van der Waals surface area contributed by atoms with Gasteiger partial charge in [0.25, 0.3) is 0 Å². The van der Waals surface area contributed by atoms with Gasteiger partial charge in [-0.1, -0.05) is 0 Å². The molecule has 26 heavy (non-hydrogen) atoms. The van der Waals surface area contributed by atoms with Crippen LogP contribution in [0.15, 0.2) is 12.3 Å². The zero-order valence-corrected chi connectivity index (χ0v) is 15.7. The van der Waals surface area contributed by atoms with E-state index in [9.17, 15) is 19.2 Å². The topological polar surface area (TPSA) is 98.2 Å². The van der Waals surface area contributed by atoms with Crippen molar-refractivity contribution in [2.75, 3.05) is 0 Å². The Morgan fingerprint density at radius 3 is 2.19 bits per heavy atom. The fraction of sp³-hybridized carbons (Fsp3) is 0.368. The number of aromatic amines is 1. The average Bonchev–Trinajstić information content (AvgIpc) is 3.06. The van der Waals surface area contributed by atoms with Gasteiger partial charge < -0.3 is 14.3 Å². The summed E-state index contributed by atoms with van der Waals surface area (Å²) in [7, 11) is 1.62. The summed E-state index contributed by atoms with van der Waals surface area (Å²) in [4.78, 5) is 51.0. The summed E-state index contributed by atoms with van der Waals surface area (Å²) in [6.45, 7) is 7.70. The number of ether oxygens (including phenoxy) is 1. The lowest BCUT2D eigenvalue weighted by Gasteiger charge is -2.12. The van der Waals surface area contributed by atoms with Crippen LogP contribution in [0.25, 0.3) is 0 Å². The van der Waals surface area contributed by atoms with E-state index in [0.29, 0.717) is 22.4 Å². The third-order valence-corrected chi connectivity index (χ3v) is 4.31. The number of nitrogens with one attached hydrogen (secondary N) is 1. The number of carbonyl (C=O) groups is 4. The molecule has 0 fully saturated rings. The molecule has 0 saturated carbocycles. The van der Waals surface area contributed by atoms with Crippen molar-refractivity contribution in [2.24, 2.45) is 7.05 Å². The maximum absolute atomic E-state index is 12.6. The zero-order chi connectivity index (χ0) is 19.8. The molecule has 0 aliphatic carbocycles. The van der Waals surface area contributed by atoms with Crippen molar-refractivity contribution in [1.29, 1.82) is 0 Å². The van der Waals surface area contributed by atoms with E-state index in [0.717, 1.165) is 0 Å². The van der Waals surface area contributed by atoms with Gasteiger partial charge in [-0.25, -0.2) is 4.79 Å². The minimum Gasteiger partial charge on any atom is -0.450 e. The Hall–Kier alpha value is -2.96. The molecule has 138 valence electrons. The second-order valence-corrected chi connectivity index (χ2v) is 6.37. The second kappa shape index (κ2) is 7.11. The second-order valence-electron chi connectivity index (χ2n) is 6.37. The number of H-pyrrole nitrogens is 1. The van der Waals surface area contributed by atoms with Crippen molar-refractivity contribution >= 4 is 23.3 Å². The molecular formula is C19H22N2O5. The molecule has 7 heteroatoms. The van der Waals surface area contributed by atoms with Crippen LogP contribution < -0.4 is 0 Å². The molecule has 1 atom stereocenters. The molecule has 0 spiro atoms. The van der Waals surface area contributed by atoms with Crippen molar-refractivity contribution in [3.05, 3.63) is 46.0 Å². The van der Waals surface area contributed by atoms with Crippen LogP contribution in [0.3, 0.4) is 0 Å². The third-order valence-electron chi connectivity index (χ3n) is 4.31. The molecule has 2 heterocycles. The Morgan fingerprint density at radius 1 is 1.12 bits per heavy atom. The number of Topliss-reactive ketones (excluding diaryl/α,β-unsaturated/α-hetero) is 3. The van der Waals surface area contributed by atoms with Gasteiger partial charge in [0.15, 0.2) is 17.7 Å². The van der Waals surface area contributed by atoms with Crippen LogP contribution in [0.4, 0.5) is 0 Å². The Bertz CT molecular complexity index is 917. The molecule has 0 aliphatic rings. The number of carbonyl (C=O) groups excluding carboxylic acids is 4. The first-order valence-corrected chi connectivity index (χ1v) is 8.17. The van der Waals surface area contributed by atoms with Crippen LogP contribution in [0.2, 0.25) is 0 Å². The number of aryl methyl sites for hydroxylation is 2. The summed E-state index contributed by atoms with van der Waals surface area (Å²) in [5.74, 6) is -1.43. The Labute approximate surface area is 151 Å². The predicted octanol–water partition coefficient (Wildman–Crippen LogP) is 2.80. The maximum atomic E-state index is 12.6. The fourth-order valence-corrected chi connectivity index (χ4v) is 2.96. The number of hydrogen-bond acceptors (Lipinski definition) is 5. The standard InChI is InChI=1S/C19H22N2O5/c1-9-16(12(4)23)10(2)20-17(9)18(24)13(5)26-19(25)15-7-14(11(3)22)8-21(15)6/h7-8,13,20H,1-6H3/t13-/m1/s1. The number of ketones is 3. The van der Waals surface area contributed by atoms with Crippen molar-refractivity contribution in [1.82, 2.24) is 9.55 Å². The largest absolute Gasteiger partial charge is 0.450 e. The predicted molar refractivity (Wildman–Crippen MR) is 94.9 cm³/mol. The molecule has 0 radical (unpaired) electrons. The van der Waals surface area contributed by atoms with E-state index in [-0.39, 0.29) is 23.0 Å². The van der Waals surface area contributed by atoms with Crippen LogP contribution in [0.1, 0.15) is 73.7 Å². The van der Waals surface area contributed by atoms with Crippen LogP contribution in [-0.4, -0.2) is 39.0 Å². The van der Waals surface area contributed by atoms with E-state index >= 15 is 0 Å². The fourth-order valence-electron chi connectivity index (χ4n) is 2.96. The first-order chi connectivity index (χ1) is 12.0. The van der Waals surface area contributed by atoms with Gasteiger partial charge in [0.2, 0.25) is 5.78 Å². The highest BCUT2D eigenvalue weighted by Crippen LogP contribution is 2.21. The molecule has 2 aromatic rings. The zero-order valence-electron chi connectivity index (χ0n) is 15.7. The van der Waals surface area contributed by atoms with Crippen molar-refractivity contribution < 1.29 is 23.9 Å². The molecule has 7 nitrogen and oxygen atoms in total. The van der Waals surface area contributed by atoms with E-state index < -0.39 is 17.9 Å². The van der Waals surface area contributed by atoms with Crippen molar-refractivity contribution in [3.63, 3.8) is 0 Å². The molecule has 2 aromatic heterocycles. The highest BCUT2D eigenvalue weighted by molar-refractivity contribution is 6.05. The summed E-state index contributed by atoms with van der Waals surface area (Å²) in [5.41, 5.74) is 2.44. The minimum absolute atomic E-state index is 0.138. The SMILES string of the molecule is CC(=O)c1cc(C(=O)O[C@H](C)C(=O)c2[nH]c(C)c(C(C)=O)c2C)n(C)c1. The van der Waals surface area contributed by atoms with Crippen molar-refractivity contribution in [2.45, 2.75) is 40.7 Å². The molecule has 0 amide bonds. The van der Waals surface area contributed by atoms with E-state index in [4.69, 9.17) is 4.74 Å². The average molecular weight is 358 g/mol. The van der Waals surface area contributed by atoms with E-state index in [2.05, 4.69) is 4.98 Å².